The number of nitrogens with two attached hydrogens (primary N) is 1. The molecule has 0 radical (unpaired) electrons. The third-order valence-corrected chi connectivity index (χ3v) is 5.73. The van der Waals surface area contributed by atoms with Crippen molar-refractivity contribution < 1.29 is 27.4 Å². The van der Waals surface area contributed by atoms with Crippen molar-refractivity contribution >= 4 is 29.9 Å². The summed E-state index contributed by atoms with van der Waals surface area (Å²) in [5.74, 6) is -0.159. The second-order valence-electron chi connectivity index (χ2n) is 7.53. The lowest BCUT2D eigenvalue weighted by molar-refractivity contribution is -0.274. The Kier molecular flexibility index (Phi) is 7.70. The monoisotopic (exact) mass is 515 g/mol. The molecule has 1 amide bonds. The molecule has 0 unspecified atom stereocenters. The number of nitrogens with zero attached hydrogens (tertiary/aromatic N) is 1. The van der Waals surface area contributed by atoms with Crippen LogP contribution >= 0.6 is 24.0 Å². The smallest absolute Gasteiger partial charge is 0.495 e. The molecule has 1 aromatic heterocycles. The molecule has 0 fully saturated rings. The highest BCUT2D eigenvalue weighted by Crippen LogP contribution is 2.42. The number of fused-ring (bicyclic) bond motifs is 1. The molecule has 34 heavy (non-hydrogen) atoms. The Hall–Kier alpha value is -2.88. The number of benzene rings is 2. The minimum atomic E-state index is -4.82. The van der Waals surface area contributed by atoms with Crippen LogP contribution in [-0.2, 0) is 0 Å². The van der Waals surface area contributed by atoms with E-state index in [1.54, 1.807) is 30.3 Å². The molecule has 0 aliphatic carbocycles. The third kappa shape index (κ3) is 5.11. The Morgan fingerprint density at radius 3 is 2.59 bits per heavy atom. The summed E-state index contributed by atoms with van der Waals surface area (Å²) in [6, 6.07) is 12.4. The SMILES string of the molecule is COc1ccc(-c2c(-c3cccc(OC(F)(F)F)c3)cc3n2[C@@H](CCN)CNC3=O)cc1Cl.Cl. The molecular formula is C23H22Cl2F3N3O3. The van der Waals surface area contributed by atoms with Crippen LogP contribution in [0.25, 0.3) is 22.4 Å². The van der Waals surface area contributed by atoms with Crippen molar-refractivity contribution in [2.45, 2.75) is 18.8 Å². The number of carbonyl (C=O) groups excluding carboxylic acids is 1. The van der Waals surface area contributed by atoms with Gasteiger partial charge in [-0.1, -0.05) is 23.7 Å². The van der Waals surface area contributed by atoms with E-state index in [4.69, 9.17) is 22.1 Å². The molecule has 3 aromatic rings. The van der Waals surface area contributed by atoms with Crippen molar-refractivity contribution in [1.82, 2.24) is 9.88 Å². The van der Waals surface area contributed by atoms with Gasteiger partial charge in [0.15, 0.2) is 0 Å². The molecule has 0 saturated carbocycles. The maximum atomic E-state index is 12.8. The number of alkyl halides is 3. The predicted octanol–water partition coefficient (Wildman–Crippen LogP) is 5.44. The van der Waals surface area contributed by atoms with E-state index >= 15 is 0 Å². The fourth-order valence-electron chi connectivity index (χ4n) is 4.08. The molecule has 2 heterocycles. The third-order valence-electron chi connectivity index (χ3n) is 5.44. The van der Waals surface area contributed by atoms with Gasteiger partial charge in [0, 0.05) is 17.7 Å². The zero-order valence-corrected chi connectivity index (χ0v) is 19.6. The Balaban J connectivity index is 0.00000324. The van der Waals surface area contributed by atoms with Gasteiger partial charge in [-0.05, 0) is 54.9 Å². The molecule has 0 bridgehead atoms. The van der Waals surface area contributed by atoms with Crippen LogP contribution in [0.3, 0.4) is 0 Å². The molecule has 11 heteroatoms. The number of methoxy groups -OCH3 is 1. The summed E-state index contributed by atoms with van der Waals surface area (Å²) >= 11 is 6.37. The summed E-state index contributed by atoms with van der Waals surface area (Å²) in [7, 11) is 1.50. The standard InChI is InChI=1S/C23H21ClF3N3O3.ClH/c1-32-20-6-5-14(10-18(20)24)21-17(13-3-2-4-16(9-13)33-23(25,26)27)11-19-22(31)29-12-15(7-8-28)30(19)21;/h2-6,9-11,15H,7-8,12,28H2,1H3,(H,29,31);1H/t15-;/m0./s1. The van der Waals surface area contributed by atoms with Crippen LogP contribution in [0.5, 0.6) is 11.5 Å². The van der Waals surface area contributed by atoms with Gasteiger partial charge in [0.05, 0.1) is 23.9 Å². The van der Waals surface area contributed by atoms with Gasteiger partial charge in [0.2, 0.25) is 0 Å². The van der Waals surface area contributed by atoms with E-state index in [1.807, 2.05) is 4.57 Å². The number of amides is 1. The van der Waals surface area contributed by atoms with E-state index in [0.29, 0.717) is 58.4 Å². The summed E-state index contributed by atoms with van der Waals surface area (Å²) < 4.78 is 49.6. The van der Waals surface area contributed by atoms with E-state index in [0.717, 1.165) is 0 Å². The molecule has 0 spiro atoms. The summed E-state index contributed by atoms with van der Waals surface area (Å²) in [5.41, 5.74) is 8.55. The average Bonchev–Trinajstić information content (AvgIpc) is 3.16. The van der Waals surface area contributed by atoms with Gasteiger partial charge in [0.25, 0.3) is 5.91 Å². The van der Waals surface area contributed by atoms with Gasteiger partial charge in [-0.2, -0.15) is 0 Å². The Morgan fingerprint density at radius 1 is 1.18 bits per heavy atom. The van der Waals surface area contributed by atoms with Crippen LogP contribution in [-0.4, -0.2) is 37.0 Å². The average molecular weight is 516 g/mol. The Bertz CT molecular complexity index is 1200. The fourth-order valence-corrected chi connectivity index (χ4v) is 4.34. The summed E-state index contributed by atoms with van der Waals surface area (Å²) in [5, 5.41) is 3.22. The molecule has 2 aromatic carbocycles. The number of halogens is 5. The van der Waals surface area contributed by atoms with Crippen molar-refractivity contribution in [3.8, 4) is 33.9 Å². The summed E-state index contributed by atoms with van der Waals surface area (Å²) in [6.07, 6.45) is -4.23. The second-order valence-corrected chi connectivity index (χ2v) is 7.94. The number of nitrogens with one attached hydrogen (secondary N) is 1. The van der Waals surface area contributed by atoms with Crippen molar-refractivity contribution in [1.29, 1.82) is 0 Å². The molecule has 182 valence electrons. The highest BCUT2D eigenvalue weighted by atomic mass is 35.5. The molecule has 0 saturated heterocycles. The lowest BCUT2D eigenvalue weighted by atomic mass is 10.0. The largest absolute Gasteiger partial charge is 0.573 e. The van der Waals surface area contributed by atoms with Crippen molar-refractivity contribution in [3.63, 3.8) is 0 Å². The van der Waals surface area contributed by atoms with Crippen molar-refractivity contribution in [3.05, 3.63) is 59.2 Å². The zero-order valence-electron chi connectivity index (χ0n) is 18.0. The van der Waals surface area contributed by atoms with Crippen LogP contribution in [0.15, 0.2) is 48.5 Å². The fraction of sp³-hybridized carbons (Fsp3) is 0.261. The topological polar surface area (TPSA) is 78.5 Å². The first kappa shape index (κ1) is 25.7. The number of hydrogen-bond acceptors (Lipinski definition) is 4. The Labute approximate surface area is 205 Å². The van der Waals surface area contributed by atoms with Crippen LogP contribution in [0.2, 0.25) is 5.02 Å². The Morgan fingerprint density at radius 2 is 1.94 bits per heavy atom. The van der Waals surface area contributed by atoms with Crippen molar-refractivity contribution in [2.75, 3.05) is 20.2 Å². The van der Waals surface area contributed by atoms with Gasteiger partial charge in [0.1, 0.15) is 17.2 Å². The van der Waals surface area contributed by atoms with Gasteiger partial charge in [-0.3, -0.25) is 4.79 Å². The molecule has 3 N–H and O–H groups in total. The van der Waals surface area contributed by atoms with Crippen LogP contribution in [0.1, 0.15) is 23.0 Å². The zero-order chi connectivity index (χ0) is 23.8. The minimum absolute atomic E-state index is 0. The lowest BCUT2D eigenvalue weighted by Gasteiger charge is -2.28. The number of hydrogen-bond donors (Lipinski definition) is 2. The maximum absolute atomic E-state index is 12.8. The lowest BCUT2D eigenvalue weighted by Crippen LogP contribution is -2.39. The summed E-state index contributed by atoms with van der Waals surface area (Å²) in [4.78, 5) is 12.7. The van der Waals surface area contributed by atoms with E-state index in [1.165, 1.54) is 25.3 Å². The first-order valence-corrected chi connectivity index (χ1v) is 10.5. The highest BCUT2D eigenvalue weighted by Gasteiger charge is 2.33. The molecule has 1 aliphatic heterocycles. The first-order chi connectivity index (χ1) is 15.7. The molecule has 1 atom stereocenters. The van der Waals surface area contributed by atoms with Crippen LogP contribution < -0.4 is 20.5 Å². The van der Waals surface area contributed by atoms with Crippen LogP contribution in [0.4, 0.5) is 13.2 Å². The van der Waals surface area contributed by atoms with E-state index < -0.39 is 6.36 Å². The first-order valence-electron chi connectivity index (χ1n) is 10.2. The number of aromatic nitrogens is 1. The maximum Gasteiger partial charge on any atom is 0.573 e. The summed E-state index contributed by atoms with van der Waals surface area (Å²) in [6.45, 7) is 0.774. The van der Waals surface area contributed by atoms with Gasteiger partial charge >= 0.3 is 6.36 Å². The minimum Gasteiger partial charge on any atom is -0.495 e. The van der Waals surface area contributed by atoms with Crippen LogP contribution in [0, 0.1) is 0 Å². The number of carbonyl (C=O) groups is 1. The van der Waals surface area contributed by atoms with Gasteiger partial charge in [-0.25, -0.2) is 0 Å². The number of ether oxygens (including phenoxy) is 2. The molecule has 4 rings (SSSR count). The van der Waals surface area contributed by atoms with Gasteiger partial charge in [-0.15, -0.1) is 25.6 Å². The van der Waals surface area contributed by atoms with E-state index in [2.05, 4.69) is 10.1 Å². The number of rotatable bonds is 6. The quantitative estimate of drug-likeness (QED) is 0.458. The highest BCUT2D eigenvalue weighted by molar-refractivity contribution is 6.32. The van der Waals surface area contributed by atoms with Gasteiger partial charge < -0.3 is 25.1 Å². The molecule has 1 aliphatic rings. The second kappa shape index (κ2) is 10.2. The van der Waals surface area contributed by atoms with Crippen molar-refractivity contribution in [2.24, 2.45) is 5.73 Å². The normalized spacial score (nSPS) is 15.2. The molecular weight excluding hydrogens is 494 g/mol. The van der Waals surface area contributed by atoms with E-state index in [-0.39, 0.29) is 30.1 Å². The molecule has 6 nitrogen and oxygen atoms in total. The van der Waals surface area contributed by atoms with E-state index in [9.17, 15) is 18.0 Å². The predicted molar refractivity (Wildman–Crippen MR) is 126 cm³/mol.